The Bertz CT molecular complexity index is 945. The zero-order valence-corrected chi connectivity index (χ0v) is 12.8. The second kappa shape index (κ2) is 6.14. The molecule has 2 aromatic carbocycles. The monoisotopic (exact) mass is 330 g/mol. The standard InChI is InChI=1S/C17H11ClO5/c1-21-13-7-6-10(18)8-12(13)17(20)23-15-9-16(19)22-14-5-3-2-4-11(14)15/h2-9H,1H3. The number of fused-ring (bicyclic) bond motifs is 1. The largest absolute Gasteiger partial charge is 0.496 e. The average molecular weight is 331 g/mol. The number of para-hydroxylation sites is 1. The lowest BCUT2D eigenvalue weighted by Gasteiger charge is -2.10. The molecule has 23 heavy (non-hydrogen) atoms. The molecule has 116 valence electrons. The van der Waals surface area contributed by atoms with Crippen LogP contribution in [0.2, 0.25) is 5.02 Å². The Kier molecular flexibility index (Phi) is 4.04. The van der Waals surface area contributed by atoms with Gasteiger partial charge in [0.25, 0.3) is 0 Å². The first-order valence-electron chi connectivity index (χ1n) is 6.67. The van der Waals surface area contributed by atoms with Gasteiger partial charge >= 0.3 is 11.6 Å². The topological polar surface area (TPSA) is 65.7 Å². The van der Waals surface area contributed by atoms with Gasteiger partial charge in [-0.05, 0) is 30.3 Å². The van der Waals surface area contributed by atoms with Crippen LogP contribution in [-0.4, -0.2) is 13.1 Å². The zero-order valence-electron chi connectivity index (χ0n) is 12.0. The second-order valence-corrected chi connectivity index (χ2v) is 5.10. The van der Waals surface area contributed by atoms with Crippen molar-refractivity contribution in [2.75, 3.05) is 7.11 Å². The number of carbonyl (C=O) groups excluding carboxylic acids is 1. The number of methoxy groups -OCH3 is 1. The maximum Gasteiger partial charge on any atom is 0.347 e. The van der Waals surface area contributed by atoms with E-state index in [1.165, 1.54) is 13.2 Å². The average Bonchev–Trinajstić information content (AvgIpc) is 2.54. The van der Waals surface area contributed by atoms with Gasteiger partial charge in [0.15, 0.2) is 0 Å². The van der Waals surface area contributed by atoms with E-state index in [1.54, 1.807) is 36.4 Å². The molecule has 3 aromatic rings. The van der Waals surface area contributed by atoms with E-state index in [4.69, 9.17) is 25.5 Å². The number of hydrogen-bond donors (Lipinski definition) is 0. The molecular weight excluding hydrogens is 320 g/mol. The van der Waals surface area contributed by atoms with Gasteiger partial charge in [-0.2, -0.15) is 0 Å². The highest BCUT2D eigenvalue weighted by atomic mass is 35.5. The van der Waals surface area contributed by atoms with Gasteiger partial charge in [-0.15, -0.1) is 0 Å². The molecule has 0 fully saturated rings. The maximum absolute atomic E-state index is 12.4. The number of benzene rings is 2. The molecule has 3 rings (SSSR count). The number of esters is 1. The van der Waals surface area contributed by atoms with Gasteiger partial charge < -0.3 is 13.9 Å². The highest BCUT2D eigenvalue weighted by molar-refractivity contribution is 6.31. The molecule has 0 atom stereocenters. The summed E-state index contributed by atoms with van der Waals surface area (Å²) in [5.74, 6) is -0.240. The number of hydrogen-bond acceptors (Lipinski definition) is 5. The maximum atomic E-state index is 12.4. The molecule has 0 aliphatic heterocycles. The Morgan fingerprint density at radius 3 is 2.65 bits per heavy atom. The minimum atomic E-state index is -0.680. The van der Waals surface area contributed by atoms with Crippen molar-refractivity contribution in [2.24, 2.45) is 0 Å². The van der Waals surface area contributed by atoms with Gasteiger partial charge in [-0.1, -0.05) is 23.7 Å². The smallest absolute Gasteiger partial charge is 0.347 e. The third-order valence-electron chi connectivity index (χ3n) is 3.20. The molecule has 0 N–H and O–H groups in total. The summed E-state index contributed by atoms with van der Waals surface area (Å²) in [6, 6.07) is 12.5. The Labute approximate surface area is 136 Å². The van der Waals surface area contributed by atoms with Crippen LogP contribution in [0, 0.1) is 0 Å². The Morgan fingerprint density at radius 2 is 1.87 bits per heavy atom. The molecule has 0 aliphatic rings. The molecule has 0 aliphatic carbocycles. The van der Waals surface area contributed by atoms with Crippen molar-refractivity contribution in [3.8, 4) is 11.5 Å². The van der Waals surface area contributed by atoms with Crippen molar-refractivity contribution in [1.82, 2.24) is 0 Å². The summed E-state index contributed by atoms with van der Waals surface area (Å²) in [6.07, 6.45) is 0. The fraction of sp³-hybridized carbons (Fsp3) is 0.0588. The lowest BCUT2D eigenvalue weighted by Crippen LogP contribution is -2.12. The number of rotatable bonds is 3. The molecule has 0 radical (unpaired) electrons. The van der Waals surface area contributed by atoms with Crippen LogP contribution in [0.15, 0.2) is 57.7 Å². The minimum Gasteiger partial charge on any atom is -0.496 e. The number of halogens is 1. The molecular formula is C17H11ClO5. The van der Waals surface area contributed by atoms with Crippen LogP contribution < -0.4 is 15.1 Å². The normalized spacial score (nSPS) is 10.5. The number of ether oxygens (including phenoxy) is 2. The lowest BCUT2D eigenvalue weighted by atomic mass is 10.2. The summed E-state index contributed by atoms with van der Waals surface area (Å²) < 4.78 is 15.5. The van der Waals surface area contributed by atoms with Crippen LogP contribution >= 0.6 is 11.6 Å². The van der Waals surface area contributed by atoms with E-state index in [1.807, 2.05) is 0 Å². The Hall–Kier alpha value is -2.79. The van der Waals surface area contributed by atoms with Gasteiger partial charge in [0.05, 0.1) is 18.6 Å². The van der Waals surface area contributed by atoms with E-state index in [9.17, 15) is 9.59 Å². The van der Waals surface area contributed by atoms with Crippen molar-refractivity contribution in [1.29, 1.82) is 0 Å². The van der Waals surface area contributed by atoms with Crippen molar-refractivity contribution in [2.45, 2.75) is 0 Å². The summed E-state index contributed by atoms with van der Waals surface area (Å²) in [7, 11) is 1.44. The summed E-state index contributed by atoms with van der Waals surface area (Å²) >= 11 is 5.91. The molecule has 0 unspecified atom stereocenters. The molecule has 1 aromatic heterocycles. The van der Waals surface area contributed by atoms with Gasteiger partial charge in [0.1, 0.15) is 22.6 Å². The van der Waals surface area contributed by atoms with Gasteiger partial charge in [-0.25, -0.2) is 9.59 Å². The lowest BCUT2D eigenvalue weighted by molar-refractivity contribution is 0.0733. The summed E-state index contributed by atoms with van der Waals surface area (Å²) in [5.41, 5.74) is -0.109. The quantitative estimate of drug-likeness (QED) is 0.541. The van der Waals surface area contributed by atoms with Crippen molar-refractivity contribution >= 4 is 28.5 Å². The van der Waals surface area contributed by atoms with E-state index in [2.05, 4.69) is 0 Å². The second-order valence-electron chi connectivity index (χ2n) is 4.66. The Morgan fingerprint density at radius 1 is 1.09 bits per heavy atom. The molecule has 6 heteroatoms. The van der Waals surface area contributed by atoms with Gasteiger partial charge in [0, 0.05) is 5.02 Å². The van der Waals surface area contributed by atoms with E-state index in [0.29, 0.717) is 21.7 Å². The summed E-state index contributed by atoms with van der Waals surface area (Å²) in [4.78, 5) is 24.0. The van der Waals surface area contributed by atoms with E-state index >= 15 is 0 Å². The van der Waals surface area contributed by atoms with Crippen molar-refractivity contribution < 1.29 is 18.7 Å². The molecule has 0 bridgehead atoms. The predicted octanol–water partition coefficient (Wildman–Crippen LogP) is 3.67. The van der Waals surface area contributed by atoms with Crippen LogP contribution in [0.1, 0.15) is 10.4 Å². The van der Waals surface area contributed by atoms with Crippen LogP contribution in [0.4, 0.5) is 0 Å². The molecule has 0 amide bonds. The first-order valence-corrected chi connectivity index (χ1v) is 7.05. The molecule has 0 saturated carbocycles. The SMILES string of the molecule is COc1ccc(Cl)cc1C(=O)Oc1cc(=O)oc2ccccc12. The summed E-state index contributed by atoms with van der Waals surface area (Å²) in [5, 5.41) is 0.886. The van der Waals surface area contributed by atoms with Crippen LogP contribution in [0.25, 0.3) is 11.0 Å². The van der Waals surface area contributed by atoms with Crippen LogP contribution in [-0.2, 0) is 0 Å². The third-order valence-corrected chi connectivity index (χ3v) is 3.43. The molecule has 1 heterocycles. The summed E-state index contributed by atoms with van der Waals surface area (Å²) in [6.45, 7) is 0. The minimum absolute atomic E-state index is 0.115. The highest BCUT2D eigenvalue weighted by Crippen LogP contribution is 2.27. The highest BCUT2D eigenvalue weighted by Gasteiger charge is 2.17. The molecule has 0 spiro atoms. The van der Waals surface area contributed by atoms with Gasteiger partial charge in [-0.3, -0.25) is 0 Å². The number of carbonyl (C=O) groups is 1. The van der Waals surface area contributed by atoms with E-state index < -0.39 is 11.6 Å². The zero-order chi connectivity index (χ0) is 16.4. The van der Waals surface area contributed by atoms with E-state index in [-0.39, 0.29) is 11.3 Å². The first-order chi connectivity index (χ1) is 11.1. The van der Waals surface area contributed by atoms with Crippen molar-refractivity contribution in [3.05, 3.63) is 69.5 Å². The Balaban J connectivity index is 2.04. The fourth-order valence-corrected chi connectivity index (χ4v) is 2.33. The van der Waals surface area contributed by atoms with Crippen molar-refractivity contribution in [3.63, 3.8) is 0 Å². The van der Waals surface area contributed by atoms with Gasteiger partial charge in [0.2, 0.25) is 0 Å². The first kappa shape index (κ1) is 15.1. The van der Waals surface area contributed by atoms with E-state index in [0.717, 1.165) is 6.07 Å². The molecule has 0 saturated heterocycles. The molecule has 5 nitrogen and oxygen atoms in total. The predicted molar refractivity (Wildman–Crippen MR) is 85.4 cm³/mol. The van der Waals surface area contributed by atoms with Crippen LogP contribution in [0.5, 0.6) is 11.5 Å². The van der Waals surface area contributed by atoms with Crippen LogP contribution in [0.3, 0.4) is 0 Å². The third kappa shape index (κ3) is 3.05. The fourth-order valence-electron chi connectivity index (χ4n) is 2.16.